The summed E-state index contributed by atoms with van der Waals surface area (Å²) in [6, 6.07) is 0. The first kappa shape index (κ1) is 48.9. The summed E-state index contributed by atoms with van der Waals surface area (Å²) in [6.45, 7) is 11.2. The van der Waals surface area contributed by atoms with E-state index in [4.69, 9.17) is 20.4 Å². The quantitative estimate of drug-likeness (QED) is 0.156. The molecule has 0 aliphatic rings. The van der Waals surface area contributed by atoms with Crippen LogP contribution in [0, 0.1) is 11.8 Å². The second kappa shape index (κ2) is 18.0. The Hall–Kier alpha value is -1.79. The molecule has 0 saturated heterocycles. The summed E-state index contributed by atoms with van der Waals surface area (Å²) >= 11 is 0. The summed E-state index contributed by atoms with van der Waals surface area (Å²) in [4.78, 5) is 41.3. The first-order valence-electron chi connectivity index (χ1n) is 10.8. The molecular weight excluding hydrogens is 630 g/mol. The first-order chi connectivity index (χ1) is 17.0. The molecule has 2 atom stereocenters. The van der Waals surface area contributed by atoms with Gasteiger partial charge in [0.15, 0.2) is 11.6 Å². The first-order valence-corrected chi connectivity index (χ1v) is 10.8. The zero-order valence-electron chi connectivity index (χ0n) is 23.3. The summed E-state index contributed by atoms with van der Waals surface area (Å²) in [5, 5.41) is 33.2. The number of carbonyl (C=O) groups excluding carboxylic acids is 2. The Morgan fingerprint density at radius 3 is 0.780 bits per heavy atom. The minimum absolute atomic E-state index is 0. The molecule has 0 heterocycles. The molecule has 2 unspecified atom stereocenters. The summed E-state index contributed by atoms with van der Waals surface area (Å²) in [7, 11) is 0. The van der Waals surface area contributed by atoms with Gasteiger partial charge in [0.05, 0.1) is 23.0 Å². The maximum absolute atomic E-state index is 12.5. The van der Waals surface area contributed by atoms with Crippen molar-refractivity contribution in [3.63, 3.8) is 0 Å². The van der Waals surface area contributed by atoms with Gasteiger partial charge >= 0.3 is 36.1 Å². The third-order valence-corrected chi connectivity index (χ3v) is 3.46. The van der Waals surface area contributed by atoms with Crippen molar-refractivity contribution in [1.82, 2.24) is 0 Å². The summed E-state index contributed by atoms with van der Waals surface area (Å²) in [5.41, 5.74) is -1.00. The van der Waals surface area contributed by atoms with Crippen LogP contribution < -0.4 is 0 Å². The number of rotatable bonds is 8. The molecule has 0 aromatic heterocycles. The van der Waals surface area contributed by atoms with E-state index in [1.807, 2.05) is 0 Å². The second-order valence-electron chi connectivity index (χ2n) is 10.1. The van der Waals surface area contributed by atoms with E-state index in [-0.39, 0.29) is 21.7 Å². The molecule has 19 heteroatoms. The Morgan fingerprint density at radius 2 is 0.683 bits per heavy atom. The number of hydrogen-bond acceptors (Lipinski definition) is 6. The number of halogens is 10. The molecule has 0 aromatic carbocycles. The van der Waals surface area contributed by atoms with Crippen LogP contribution in [-0.4, -0.2) is 79.3 Å². The molecule has 41 heavy (non-hydrogen) atoms. The SMILES string of the molecule is CC(C(=O)CC(=O)O)C(F)(F)C(F)(F)F.CC(C(=O)CC(=O)O)C(F)(F)C(F)(F)F.CC(C)(C)O.CC(C)(C)O.[Ti]. The Balaban J connectivity index is -0.000000156. The number of carboxylic acid groups (broad SMARTS) is 2. The number of ketones is 2. The fourth-order valence-corrected chi connectivity index (χ4v) is 1.50. The van der Waals surface area contributed by atoms with Gasteiger partial charge in [-0.3, -0.25) is 19.2 Å². The average Bonchev–Trinajstić information content (AvgIpc) is 2.61. The maximum atomic E-state index is 12.5. The van der Waals surface area contributed by atoms with Gasteiger partial charge < -0.3 is 20.4 Å². The van der Waals surface area contributed by atoms with Gasteiger partial charge in [0.25, 0.3) is 0 Å². The van der Waals surface area contributed by atoms with E-state index in [1.165, 1.54) is 0 Å². The molecule has 0 saturated carbocycles. The van der Waals surface area contributed by atoms with Crippen molar-refractivity contribution in [3.8, 4) is 0 Å². The van der Waals surface area contributed by atoms with Gasteiger partial charge in [-0.2, -0.15) is 43.9 Å². The van der Waals surface area contributed by atoms with Crippen molar-refractivity contribution < 1.29 is 105 Å². The van der Waals surface area contributed by atoms with Crippen LogP contribution in [0.25, 0.3) is 0 Å². The topological polar surface area (TPSA) is 149 Å². The third-order valence-electron chi connectivity index (χ3n) is 3.46. The van der Waals surface area contributed by atoms with Crippen molar-refractivity contribution >= 4 is 23.5 Å². The molecule has 0 bridgehead atoms. The second-order valence-corrected chi connectivity index (χ2v) is 10.1. The number of aliphatic hydroxyl groups is 2. The minimum atomic E-state index is -5.86. The zero-order valence-corrected chi connectivity index (χ0v) is 24.8. The Kier molecular flexibility index (Phi) is 21.5. The van der Waals surface area contributed by atoms with Gasteiger partial charge in [0, 0.05) is 21.7 Å². The van der Waals surface area contributed by atoms with Crippen molar-refractivity contribution in [1.29, 1.82) is 0 Å². The van der Waals surface area contributed by atoms with Gasteiger partial charge in [-0.1, -0.05) is 0 Å². The summed E-state index contributed by atoms with van der Waals surface area (Å²) in [6.07, 6.45) is -14.4. The van der Waals surface area contributed by atoms with Crippen LogP contribution in [0.2, 0.25) is 0 Å². The number of aliphatic carboxylic acids is 2. The fraction of sp³-hybridized carbons (Fsp3) is 0.818. The van der Waals surface area contributed by atoms with E-state index >= 15 is 0 Å². The van der Waals surface area contributed by atoms with Crippen LogP contribution in [0.5, 0.6) is 0 Å². The van der Waals surface area contributed by atoms with Crippen LogP contribution in [0.4, 0.5) is 43.9 Å². The molecule has 0 aromatic rings. The van der Waals surface area contributed by atoms with Gasteiger partial charge in [-0.15, -0.1) is 0 Å². The monoisotopic (exact) mass is 664 g/mol. The smallest absolute Gasteiger partial charge is 0.454 e. The van der Waals surface area contributed by atoms with Crippen molar-refractivity contribution in [2.75, 3.05) is 0 Å². The van der Waals surface area contributed by atoms with Crippen LogP contribution in [-0.2, 0) is 40.9 Å². The minimum Gasteiger partial charge on any atom is -0.481 e. The predicted octanol–water partition coefficient (Wildman–Crippen LogP) is 5.28. The summed E-state index contributed by atoms with van der Waals surface area (Å²) in [5.74, 6) is -22.6. The van der Waals surface area contributed by atoms with Crippen molar-refractivity contribution in [2.45, 2.75) is 104 Å². The van der Waals surface area contributed by atoms with Gasteiger partial charge in [0.1, 0.15) is 12.8 Å². The van der Waals surface area contributed by atoms with Crippen LogP contribution in [0.1, 0.15) is 68.2 Å². The molecule has 0 fully saturated rings. The molecule has 0 aliphatic heterocycles. The van der Waals surface area contributed by atoms with Gasteiger partial charge in [-0.25, -0.2) is 0 Å². The molecule has 244 valence electrons. The zero-order chi connectivity index (χ0) is 33.9. The number of hydrogen-bond donors (Lipinski definition) is 4. The normalized spacial score (nSPS) is 13.8. The molecule has 0 spiro atoms. The van der Waals surface area contributed by atoms with Crippen molar-refractivity contribution in [2.24, 2.45) is 11.8 Å². The van der Waals surface area contributed by atoms with Crippen LogP contribution in [0.15, 0.2) is 0 Å². The Labute approximate surface area is 244 Å². The van der Waals surface area contributed by atoms with Gasteiger partial charge in [0.2, 0.25) is 0 Å². The van der Waals surface area contributed by atoms with E-state index in [9.17, 15) is 63.1 Å². The maximum Gasteiger partial charge on any atom is 0.454 e. The standard InChI is InChI=1S/2C7H7F5O3.2C4H10O.Ti/c2*1-3(4(13)2-5(14)15)6(8,9)7(10,11)12;2*1-4(2,3)5;/h2*3H,2H2,1H3,(H,14,15);2*5H,1-3H3;. The van der Waals surface area contributed by atoms with E-state index < -0.39 is 83.6 Å². The van der Waals surface area contributed by atoms with Crippen molar-refractivity contribution in [3.05, 3.63) is 0 Å². The molecule has 0 amide bonds. The number of Topliss-reactive ketones (excluding diaryl/α,β-unsaturated/α-hetero) is 2. The molecular formula is C22H34F10O8Ti. The Bertz CT molecular complexity index is 750. The molecule has 0 rings (SSSR count). The van der Waals surface area contributed by atoms with E-state index in [0.29, 0.717) is 13.8 Å². The van der Waals surface area contributed by atoms with E-state index in [0.717, 1.165) is 0 Å². The largest absolute Gasteiger partial charge is 0.481 e. The molecule has 0 aliphatic carbocycles. The van der Waals surface area contributed by atoms with Crippen LogP contribution in [0.3, 0.4) is 0 Å². The number of alkyl halides is 10. The van der Waals surface area contributed by atoms with Gasteiger partial charge in [-0.05, 0) is 55.4 Å². The Morgan fingerprint density at radius 1 is 0.537 bits per heavy atom. The summed E-state index contributed by atoms with van der Waals surface area (Å²) < 4.78 is 120. The molecule has 8 nitrogen and oxygen atoms in total. The molecule has 4 N–H and O–H groups in total. The fourth-order valence-electron chi connectivity index (χ4n) is 1.50. The van der Waals surface area contributed by atoms with E-state index in [1.54, 1.807) is 41.5 Å². The predicted molar refractivity (Wildman–Crippen MR) is 119 cm³/mol. The number of carboxylic acids is 2. The number of carbonyl (C=O) groups is 4. The molecule has 0 radical (unpaired) electrons. The van der Waals surface area contributed by atoms with E-state index in [2.05, 4.69) is 0 Å². The third kappa shape index (κ3) is 25.6. The average molecular weight is 664 g/mol. The van der Waals surface area contributed by atoms with Crippen LogP contribution >= 0.6 is 0 Å².